The van der Waals surface area contributed by atoms with Crippen LogP contribution in [0.5, 0.6) is 0 Å². The maximum atomic E-state index is 13.0. The molecule has 1 aliphatic carbocycles. The van der Waals surface area contributed by atoms with Crippen LogP contribution in [0.2, 0.25) is 0 Å². The van der Waals surface area contributed by atoms with Crippen LogP contribution in [0, 0.1) is 17.2 Å². The summed E-state index contributed by atoms with van der Waals surface area (Å²) in [7, 11) is 0. The van der Waals surface area contributed by atoms with E-state index in [0.29, 0.717) is 6.54 Å². The summed E-state index contributed by atoms with van der Waals surface area (Å²) < 4.78 is 25.9. The molecule has 0 aliphatic heterocycles. The normalized spacial score (nSPS) is 19.6. The standard InChI is InChI=1S/C12H18F2N2O/c1-2-8-16(9-7-15)11(17)10-3-5-12(13,14)6-4-10/h10H,2-6,8-9H2,1H3. The van der Waals surface area contributed by atoms with Crippen LogP contribution in [0.4, 0.5) is 8.78 Å². The van der Waals surface area contributed by atoms with Gasteiger partial charge in [-0.15, -0.1) is 0 Å². The average Bonchev–Trinajstić information content (AvgIpc) is 2.28. The predicted octanol–water partition coefficient (Wildman–Crippen LogP) is 2.57. The minimum absolute atomic E-state index is 0.0551. The van der Waals surface area contributed by atoms with E-state index in [1.54, 1.807) is 0 Å². The van der Waals surface area contributed by atoms with Gasteiger partial charge in [0.2, 0.25) is 11.8 Å². The second-order valence-electron chi connectivity index (χ2n) is 4.55. The second-order valence-corrected chi connectivity index (χ2v) is 4.55. The molecule has 1 saturated carbocycles. The Morgan fingerprint density at radius 2 is 2.06 bits per heavy atom. The molecule has 0 aromatic heterocycles. The second kappa shape index (κ2) is 5.95. The van der Waals surface area contributed by atoms with Gasteiger partial charge in [0, 0.05) is 25.3 Å². The molecule has 1 amide bonds. The topological polar surface area (TPSA) is 44.1 Å². The van der Waals surface area contributed by atoms with Crippen LogP contribution in [0.3, 0.4) is 0 Å². The first-order chi connectivity index (χ1) is 8.00. The highest BCUT2D eigenvalue weighted by atomic mass is 19.3. The van der Waals surface area contributed by atoms with Gasteiger partial charge in [-0.1, -0.05) is 6.92 Å². The van der Waals surface area contributed by atoms with E-state index in [1.165, 1.54) is 4.90 Å². The van der Waals surface area contributed by atoms with E-state index in [-0.39, 0.29) is 44.1 Å². The number of halogens is 2. The first-order valence-corrected chi connectivity index (χ1v) is 6.03. The van der Waals surface area contributed by atoms with Crippen LogP contribution in [0.25, 0.3) is 0 Å². The first-order valence-electron chi connectivity index (χ1n) is 6.03. The molecule has 0 aromatic rings. The Labute approximate surface area is 100 Å². The number of carbonyl (C=O) groups is 1. The molecule has 0 bridgehead atoms. The van der Waals surface area contributed by atoms with Crippen molar-refractivity contribution in [3.8, 4) is 6.07 Å². The van der Waals surface area contributed by atoms with E-state index in [9.17, 15) is 13.6 Å². The molecule has 1 rings (SSSR count). The molecule has 1 fully saturated rings. The number of nitriles is 1. The summed E-state index contributed by atoms with van der Waals surface area (Å²) in [6, 6.07) is 1.95. The average molecular weight is 244 g/mol. The number of hydrogen-bond donors (Lipinski definition) is 0. The molecule has 3 nitrogen and oxygen atoms in total. The molecular weight excluding hydrogens is 226 g/mol. The van der Waals surface area contributed by atoms with Crippen molar-refractivity contribution in [2.45, 2.75) is 45.0 Å². The monoisotopic (exact) mass is 244 g/mol. The third-order valence-corrected chi connectivity index (χ3v) is 3.13. The lowest BCUT2D eigenvalue weighted by Gasteiger charge is -2.30. The lowest BCUT2D eigenvalue weighted by atomic mass is 9.86. The van der Waals surface area contributed by atoms with Crippen molar-refractivity contribution in [3.63, 3.8) is 0 Å². The summed E-state index contributed by atoms with van der Waals surface area (Å²) in [6.07, 6.45) is 0.817. The summed E-state index contributed by atoms with van der Waals surface area (Å²) in [5.74, 6) is -3.07. The summed E-state index contributed by atoms with van der Waals surface area (Å²) in [5.41, 5.74) is 0. The molecule has 5 heteroatoms. The molecule has 17 heavy (non-hydrogen) atoms. The first kappa shape index (κ1) is 13.9. The number of alkyl halides is 2. The van der Waals surface area contributed by atoms with Crippen molar-refractivity contribution < 1.29 is 13.6 Å². The predicted molar refractivity (Wildman–Crippen MR) is 59.4 cm³/mol. The Kier molecular flexibility index (Phi) is 4.86. The molecular formula is C12H18F2N2O. The maximum Gasteiger partial charge on any atom is 0.248 e. The zero-order valence-corrected chi connectivity index (χ0v) is 10.1. The van der Waals surface area contributed by atoms with Gasteiger partial charge < -0.3 is 4.90 Å². The van der Waals surface area contributed by atoms with Gasteiger partial charge in [0.25, 0.3) is 0 Å². The van der Waals surface area contributed by atoms with Gasteiger partial charge in [0.1, 0.15) is 6.54 Å². The molecule has 1 aliphatic rings. The van der Waals surface area contributed by atoms with E-state index in [4.69, 9.17) is 5.26 Å². The molecule has 0 aromatic carbocycles. The van der Waals surface area contributed by atoms with E-state index >= 15 is 0 Å². The van der Waals surface area contributed by atoms with E-state index < -0.39 is 5.92 Å². The van der Waals surface area contributed by atoms with Crippen LogP contribution in [0.1, 0.15) is 39.0 Å². The lowest BCUT2D eigenvalue weighted by molar-refractivity contribution is -0.139. The zero-order valence-electron chi connectivity index (χ0n) is 10.1. The van der Waals surface area contributed by atoms with Gasteiger partial charge in [-0.3, -0.25) is 4.79 Å². The SMILES string of the molecule is CCCN(CC#N)C(=O)C1CCC(F)(F)CC1. The van der Waals surface area contributed by atoms with Crippen molar-refractivity contribution in [3.05, 3.63) is 0 Å². The number of hydrogen-bond acceptors (Lipinski definition) is 2. The fourth-order valence-electron chi connectivity index (χ4n) is 2.17. The van der Waals surface area contributed by atoms with Gasteiger partial charge in [-0.05, 0) is 19.3 Å². The molecule has 0 N–H and O–H groups in total. The molecule has 96 valence electrons. The maximum absolute atomic E-state index is 13.0. The van der Waals surface area contributed by atoms with Gasteiger partial charge >= 0.3 is 0 Å². The quantitative estimate of drug-likeness (QED) is 0.713. The summed E-state index contributed by atoms with van der Waals surface area (Å²) in [6.45, 7) is 2.51. The van der Waals surface area contributed by atoms with Crippen LogP contribution in [-0.4, -0.2) is 29.8 Å². The highest BCUT2D eigenvalue weighted by Gasteiger charge is 2.38. The van der Waals surface area contributed by atoms with E-state index in [2.05, 4.69) is 0 Å². The Morgan fingerprint density at radius 1 is 1.47 bits per heavy atom. The van der Waals surface area contributed by atoms with Gasteiger partial charge in [0.05, 0.1) is 6.07 Å². The van der Waals surface area contributed by atoms with Gasteiger partial charge in [0.15, 0.2) is 0 Å². The summed E-state index contributed by atoms with van der Waals surface area (Å²) >= 11 is 0. The Bertz CT molecular complexity index is 302. The number of nitrogens with zero attached hydrogens (tertiary/aromatic N) is 2. The summed E-state index contributed by atoms with van der Waals surface area (Å²) in [4.78, 5) is 13.5. The molecule has 0 heterocycles. The third kappa shape index (κ3) is 3.95. The minimum atomic E-state index is -2.61. The van der Waals surface area contributed by atoms with Gasteiger partial charge in [-0.2, -0.15) is 5.26 Å². The van der Waals surface area contributed by atoms with Crippen LogP contribution < -0.4 is 0 Å². The molecule has 0 spiro atoms. The Morgan fingerprint density at radius 3 is 2.53 bits per heavy atom. The number of amides is 1. The highest BCUT2D eigenvalue weighted by Crippen LogP contribution is 2.36. The largest absolute Gasteiger partial charge is 0.329 e. The van der Waals surface area contributed by atoms with E-state index in [1.807, 2.05) is 13.0 Å². The molecule has 0 atom stereocenters. The third-order valence-electron chi connectivity index (χ3n) is 3.13. The minimum Gasteiger partial charge on any atom is -0.329 e. The van der Waals surface area contributed by atoms with Crippen LogP contribution in [0.15, 0.2) is 0 Å². The molecule has 0 radical (unpaired) electrons. The molecule has 0 unspecified atom stereocenters. The smallest absolute Gasteiger partial charge is 0.248 e. The fourth-order valence-corrected chi connectivity index (χ4v) is 2.17. The number of carbonyl (C=O) groups excluding carboxylic acids is 1. The van der Waals surface area contributed by atoms with E-state index in [0.717, 1.165) is 6.42 Å². The van der Waals surface area contributed by atoms with Crippen molar-refractivity contribution in [1.29, 1.82) is 5.26 Å². The van der Waals surface area contributed by atoms with Crippen LogP contribution >= 0.6 is 0 Å². The fraction of sp³-hybridized carbons (Fsp3) is 0.833. The van der Waals surface area contributed by atoms with Gasteiger partial charge in [-0.25, -0.2) is 8.78 Å². The van der Waals surface area contributed by atoms with Crippen molar-refractivity contribution >= 4 is 5.91 Å². The highest BCUT2D eigenvalue weighted by molar-refractivity contribution is 5.79. The summed E-state index contributed by atoms with van der Waals surface area (Å²) in [5, 5.41) is 8.63. The van der Waals surface area contributed by atoms with Crippen LogP contribution in [-0.2, 0) is 4.79 Å². The Hall–Kier alpha value is -1.18. The van der Waals surface area contributed by atoms with Crippen molar-refractivity contribution in [1.82, 2.24) is 4.90 Å². The Balaban J connectivity index is 2.54. The number of rotatable bonds is 4. The lowest BCUT2D eigenvalue weighted by Crippen LogP contribution is -2.40. The van der Waals surface area contributed by atoms with Crippen molar-refractivity contribution in [2.75, 3.05) is 13.1 Å². The van der Waals surface area contributed by atoms with Crippen molar-refractivity contribution in [2.24, 2.45) is 5.92 Å². The zero-order chi connectivity index (χ0) is 12.9. The molecule has 0 saturated heterocycles.